The molecular formula is C24H33N3O3. The average Bonchev–Trinajstić information content (AvgIpc) is 3.22. The summed E-state index contributed by atoms with van der Waals surface area (Å²) in [6, 6.07) is 5.97. The van der Waals surface area contributed by atoms with E-state index >= 15 is 0 Å². The van der Waals surface area contributed by atoms with Gasteiger partial charge in [-0.3, -0.25) is 10.1 Å². The van der Waals surface area contributed by atoms with E-state index in [1.165, 1.54) is 6.42 Å². The topological polar surface area (TPSA) is 87.4 Å². The molecule has 1 aromatic heterocycles. The van der Waals surface area contributed by atoms with Crippen LogP contribution in [0.5, 0.6) is 0 Å². The summed E-state index contributed by atoms with van der Waals surface area (Å²) in [6.07, 6.45) is 5.49. The molecule has 30 heavy (non-hydrogen) atoms. The first-order chi connectivity index (χ1) is 14.4. The number of carbonyl (C=O) groups excluding carboxylic acids is 1. The van der Waals surface area contributed by atoms with Crippen LogP contribution in [-0.4, -0.2) is 28.8 Å². The van der Waals surface area contributed by atoms with Crippen LogP contribution in [0.2, 0.25) is 0 Å². The Balaban J connectivity index is 1.87. The largest absolute Gasteiger partial charge is 0.395 e. The molecule has 6 heteroatoms. The van der Waals surface area contributed by atoms with Crippen molar-refractivity contribution < 1.29 is 14.4 Å². The third-order valence-corrected chi connectivity index (χ3v) is 7.00. The van der Waals surface area contributed by atoms with Gasteiger partial charge in [-0.15, -0.1) is 0 Å². The Hall–Kier alpha value is -2.18. The van der Waals surface area contributed by atoms with Crippen LogP contribution in [0.15, 0.2) is 22.7 Å². The molecule has 162 valence electrons. The van der Waals surface area contributed by atoms with Crippen molar-refractivity contribution in [2.24, 2.45) is 11.8 Å². The van der Waals surface area contributed by atoms with Crippen molar-refractivity contribution in [2.45, 2.75) is 71.4 Å². The highest BCUT2D eigenvalue weighted by molar-refractivity contribution is 6.06. The third-order valence-electron chi connectivity index (χ3n) is 7.00. The molecule has 1 saturated carbocycles. The average molecular weight is 412 g/mol. The van der Waals surface area contributed by atoms with Gasteiger partial charge in [-0.1, -0.05) is 44.3 Å². The molecule has 2 atom stereocenters. The van der Waals surface area contributed by atoms with Gasteiger partial charge in [-0.2, -0.15) is 0 Å². The zero-order valence-electron chi connectivity index (χ0n) is 18.4. The van der Waals surface area contributed by atoms with Crippen LogP contribution in [0.1, 0.15) is 63.0 Å². The number of nitrogens with one attached hydrogen (secondary N) is 2. The molecule has 4 rings (SSSR count). The molecule has 1 aromatic carbocycles. The fraction of sp³-hybridized carbons (Fsp3) is 0.583. The second-order valence-corrected chi connectivity index (χ2v) is 9.23. The molecule has 2 unspecified atom stereocenters. The Kier molecular flexibility index (Phi) is 5.73. The zero-order chi connectivity index (χ0) is 21.5. The Bertz CT molecular complexity index is 910. The summed E-state index contributed by atoms with van der Waals surface area (Å²) < 4.78 is 5.39. The Morgan fingerprint density at radius 2 is 2.00 bits per heavy atom. The predicted octanol–water partition coefficient (Wildman–Crippen LogP) is 4.29. The summed E-state index contributed by atoms with van der Waals surface area (Å²) in [5, 5.41) is 21.0. The van der Waals surface area contributed by atoms with Crippen LogP contribution < -0.4 is 10.6 Å². The van der Waals surface area contributed by atoms with Gasteiger partial charge in [-0.05, 0) is 56.2 Å². The lowest BCUT2D eigenvalue weighted by atomic mass is 9.70. The summed E-state index contributed by atoms with van der Waals surface area (Å²) in [5.74, 6) is 1.18. The maximum absolute atomic E-state index is 13.6. The number of aryl methyl sites for hydroxylation is 2. The number of aliphatic hydroxyl groups excluding tert-OH is 1. The van der Waals surface area contributed by atoms with Crippen LogP contribution in [0.25, 0.3) is 11.1 Å². The van der Waals surface area contributed by atoms with E-state index in [4.69, 9.17) is 4.52 Å². The van der Waals surface area contributed by atoms with Gasteiger partial charge in [0.05, 0.1) is 12.3 Å². The van der Waals surface area contributed by atoms with Gasteiger partial charge in [0.15, 0.2) is 0 Å². The Labute approximate surface area is 178 Å². The number of rotatable bonds is 6. The highest BCUT2D eigenvalue weighted by atomic mass is 16.5. The van der Waals surface area contributed by atoms with E-state index in [9.17, 15) is 9.90 Å². The first kappa shape index (κ1) is 21.1. The van der Waals surface area contributed by atoms with Crippen LogP contribution in [0.4, 0.5) is 5.69 Å². The van der Waals surface area contributed by atoms with Crippen molar-refractivity contribution >= 4 is 11.6 Å². The number of fused-ring (bicyclic) bond motifs is 1. The van der Waals surface area contributed by atoms with Crippen LogP contribution in [-0.2, 0) is 10.3 Å². The van der Waals surface area contributed by atoms with Crippen molar-refractivity contribution in [2.75, 3.05) is 11.9 Å². The van der Waals surface area contributed by atoms with E-state index in [1.54, 1.807) is 0 Å². The molecule has 1 amide bonds. The molecule has 0 saturated heterocycles. The smallest absolute Gasteiger partial charge is 0.249 e. The predicted molar refractivity (Wildman–Crippen MR) is 117 cm³/mol. The minimum absolute atomic E-state index is 0.000544. The number of aliphatic hydroxyl groups is 1. The van der Waals surface area contributed by atoms with Crippen molar-refractivity contribution in [1.29, 1.82) is 0 Å². The van der Waals surface area contributed by atoms with Crippen molar-refractivity contribution in [3.05, 3.63) is 35.2 Å². The van der Waals surface area contributed by atoms with Gasteiger partial charge in [0.25, 0.3) is 0 Å². The number of aromatic nitrogens is 1. The molecule has 2 aliphatic rings. The monoisotopic (exact) mass is 411 g/mol. The molecule has 3 N–H and O–H groups in total. The molecule has 6 nitrogen and oxygen atoms in total. The third kappa shape index (κ3) is 3.36. The van der Waals surface area contributed by atoms with Gasteiger partial charge in [0, 0.05) is 22.9 Å². The maximum Gasteiger partial charge on any atom is 0.249 e. The standard InChI is InChI=1S/C24H33N3O3/c1-14(2)21(13-28)26-24(18-8-6-5-7-9-18)19-12-17(10-11-20(19)25-23(24)29)22-15(3)27-30-16(22)4/h10-12,14,18,21,26,28H,5-9,13H2,1-4H3,(H,25,29). The van der Waals surface area contributed by atoms with E-state index in [-0.39, 0.29) is 30.4 Å². The van der Waals surface area contributed by atoms with Crippen molar-refractivity contribution in [1.82, 2.24) is 10.5 Å². The van der Waals surface area contributed by atoms with E-state index in [2.05, 4.69) is 35.7 Å². The number of amides is 1. The molecule has 2 aromatic rings. The van der Waals surface area contributed by atoms with Crippen LogP contribution >= 0.6 is 0 Å². The summed E-state index contributed by atoms with van der Waals surface area (Å²) in [7, 11) is 0. The SMILES string of the molecule is Cc1noc(C)c1-c1ccc2c(c1)C(NC(CO)C(C)C)(C1CCCCC1)C(=O)N2. The fourth-order valence-corrected chi connectivity index (χ4v) is 5.29. The number of anilines is 1. The van der Waals surface area contributed by atoms with Crippen molar-refractivity contribution in [3.8, 4) is 11.1 Å². The van der Waals surface area contributed by atoms with Gasteiger partial charge in [-0.25, -0.2) is 0 Å². The normalized spacial score (nSPS) is 22.9. The van der Waals surface area contributed by atoms with E-state index in [0.717, 1.165) is 59.5 Å². The number of hydrogen-bond acceptors (Lipinski definition) is 5. The Morgan fingerprint density at radius 3 is 2.60 bits per heavy atom. The molecule has 2 heterocycles. The lowest BCUT2D eigenvalue weighted by molar-refractivity contribution is -0.125. The fourth-order valence-electron chi connectivity index (χ4n) is 5.29. The van der Waals surface area contributed by atoms with Crippen LogP contribution in [0.3, 0.4) is 0 Å². The lowest BCUT2D eigenvalue weighted by Gasteiger charge is -2.42. The first-order valence-corrected chi connectivity index (χ1v) is 11.2. The number of nitrogens with zero attached hydrogens (tertiary/aromatic N) is 1. The van der Waals surface area contributed by atoms with Crippen molar-refractivity contribution in [3.63, 3.8) is 0 Å². The minimum Gasteiger partial charge on any atom is -0.395 e. The molecule has 0 radical (unpaired) electrons. The van der Waals surface area contributed by atoms with Gasteiger partial charge < -0.3 is 14.9 Å². The quantitative estimate of drug-likeness (QED) is 0.660. The van der Waals surface area contributed by atoms with E-state index in [1.807, 2.05) is 26.0 Å². The van der Waals surface area contributed by atoms with Gasteiger partial charge in [0.1, 0.15) is 11.3 Å². The summed E-state index contributed by atoms with van der Waals surface area (Å²) in [6.45, 7) is 8.01. The summed E-state index contributed by atoms with van der Waals surface area (Å²) in [5.41, 5.74) is 3.84. The highest BCUT2D eigenvalue weighted by Gasteiger charge is 2.53. The summed E-state index contributed by atoms with van der Waals surface area (Å²) >= 11 is 0. The first-order valence-electron chi connectivity index (χ1n) is 11.2. The number of hydrogen-bond donors (Lipinski definition) is 3. The van der Waals surface area contributed by atoms with Crippen LogP contribution in [0, 0.1) is 25.7 Å². The van der Waals surface area contributed by atoms with Gasteiger partial charge in [0.2, 0.25) is 5.91 Å². The molecular weight excluding hydrogens is 378 g/mol. The molecule has 0 bridgehead atoms. The molecule has 0 spiro atoms. The Morgan fingerprint density at radius 1 is 1.27 bits per heavy atom. The van der Waals surface area contributed by atoms with E-state index < -0.39 is 5.54 Å². The number of carbonyl (C=O) groups is 1. The molecule has 1 aliphatic carbocycles. The highest BCUT2D eigenvalue weighted by Crippen LogP contribution is 2.48. The second kappa shape index (κ2) is 8.16. The lowest BCUT2D eigenvalue weighted by Crippen LogP contribution is -2.59. The molecule has 1 aliphatic heterocycles. The zero-order valence-corrected chi connectivity index (χ0v) is 18.4. The maximum atomic E-state index is 13.6. The minimum atomic E-state index is -0.831. The second-order valence-electron chi connectivity index (χ2n) is 9.23. The van der Waals surface area contributed by atoms with E-state index in [0.29, 0.717) is 0 Å². The number of benzene rings is 1. The molecule has 1 fully saturated rings. The summed E-state index contributed by atoms with van der Waals surface area (Å²) in [4.78, 5) is 13.6. The van der Waals surface area contributed by atoms with Gasteiger partial charge >= 0.3 is 0 Å².